The zero-order valence-corrected chi connectivity index (χ0v) is 14.4. The molecular weight excluding hydrogens is 342 g/mol. The van der Waals surface area contributed by atoms with Crippen molar-refractivity contribution in [1.82, 2.24) is 14.8 Å². The predicted octanol–water partition coefficient (Wildman–Crippen LogP) is 3.13. The summed E-state index contributed by atoms with van der Waals surface area (Å²) in [6, 6.07) is 18.7. The third-order valence-electron chi connectivity index (χ3n) is 2.71. The number of nitriles is 1. The lowest BCUT2D eigenvalue weighted by Crippen LogP contribution is -2.05. The van der Waals surface area contributed by atoms with Crippen molar-refractivity contribution < 1.29 is 4.74 Å². The fourth-order valence-corrected chi connectivity index (χ4v) is 1.59. The molecule has 142 valence electrons. The van der Waals surface area contributed by atoms with Gasteiger partial charge in [0.15, 0.2) is 5.82 Å². The zero-order valence-electron chi connectivity index (χ0n) is 14.4. The van der Waals surface area contributed by atoms with Crippen molar-refractivity contribution in [3.8, 4) is 11.9 Å². The van der Waals surface area contributed by atoms with Crippen molar-refractivity contribution in [2.75, 3.05) is 18.3 Å². The van der Waals surface area contributed by atoms with E-state index in [4.69, 9.17) is 16.8 Å². The Morgan fingerprint density at radius 2 is 1.85 bits per heavy atom. The SMILES string of the molecule is C.CO/C=C/C#N.NNc1ccccc1.Nc1ccn(-c2ccccn2)n1. The molecule has 2 aromatic heterocycles. The number of nitrogens with zero attached hydrogens (tertiary/aromatic N) is 4. The van der Waals surface area contributed by atoms with Gasteiger partial charge in [-0.3, -0.25) is 5.84 Å². The third-order valence-corrected chi connectivity index (χ3v) is 2.71. The van der Waals surface area contributed by atoms with E-state index in [0.717, 1.165) is 11.5 Å². The monoisotopic (exact) mass is 367 g/mol. The highest BCUT2D eigenvalue weighted by Gasteiger charge is 1.96. The maximum absolute atomic E-state index is 7.78. The Morgan fingerprint density at radius 3 is 2.26 bits per heavy atom. The lowest BCUT2D eigenvalue weighted by atomic mass is 10.3. The molecule has 0 fully saturated rings. The molecule has 0 aliphatic carbocycles. The lowest BCUT2D eigenvalue weighted by molar-refractivity contribution is 0.338. The van der Waals surface area contributed by atoms with Crippen LogP contribution in [-0.4, -0.2) is 21.9 Å². The van der Waals surface area contributed by atoms with Crippen LogP contribution >= 0.6 is 0 Å². The van der Waals surface area contributed by atoms with Crippen LogP contribution in [0.2, 0.25) is 0 Å². The number of hydrogen-bond acceptors (Lipinski definition) is 7. The highest BCUT2D eigenvalue weighted by molar-refractivity contribution is 5.40. The quantitative estimate of drug-likeness (QED) is 0.281. The number of hydrazine groups is 1. The molecule has 0 unspecified atom stereocenters. The van der Waals surface area contributed by atoms with Crippen LogP contribution in [-0.2, 0) is 4.74 Å². The van der Waals surface area contributed by atoms with Crippen molar-refractivity contribution in [1.29, 1.82) is 5.26 Å². The smallest absolute Gasteiger partial charge is 0.153 e. The minimum atomic E-state index is 0. The Bertz CT molecular complexity index is 796. The molecule has 0 aliphatic heterocycles. The van der Waals surface area contributed by atoms with Gasteiger partial charge in [-0.05, 0) is 24.3 Å². The van der Waals surface area contributed by atoms with Gasteiger partial charge in [-0.2, -0.15) is 5.26 Å². The largest absolute Gasteiger partial charge is 0.504 e. The van der Waals surface area contributed by atoms with Crippen molar-refractivity contribution >= 4 is 11.5 Å². The highest BCUT2D eigenvalue weighted by Crippen LogP contribution is 2.03. The Hall–Kier alpha value is -3.83. The number of nitrogen functional groups attached to an aromatic ring is 2. The van der Waals surface area contributed by atoms with E-state index in [1.807, 2.05) is 48.5 Å². The molecule has 0 aliphatic rings. The molecule has 0 saturated carbocycles. The van der Waals surface area contributed by atoms with Crippen molar-refractivity contribution in [2.24, 2.45) is 5.84 Å². The van der Waals surface area contributed by atoms with E-state index in [1.165, 1.54) is 19.4 Å². The molecule has 0 radical (unpaired) electrons. The van der Waals surface area contributed by atoms with Crippen molar-refractivity contribution in [3.05, 3.63) is 79.3 Å². The molecule has 1 aromatic carbocycles. The number of aromatic nitrogens is 3. The van der Waals surface area contributed by atoms with Crippen LogP contribution in [0.15, 0.2) is 79.3 Å². The third kappa shape index (κ3) is 9.91. The summed E-state index contributed by atoms with van der Waals surface area (Å²) in [4.78, 5) is 4.11. The number of nitrogens with two attached hydrogens (primary N) is 2. The number of pyridine rings is 1. The molecule has 8 heteroatoms. The zero-order chi connectivity index (χ0) is 19.0. The first-order valence-electron chi connectivity index (χ1n) is 7.53. The molecule has 3 rings (SSSR count). The van der Waals surface area contributed by atoms with Crippen LogP contribution in [0, 0.1) is 11.3 Å². The number of hydrogen-bond donors (Lipinski definition) is 3. The van der Waals surface area contributed by atoms with E-state index in [-0.39, 0.29) is 7.43 Å². The maximum atomic E-state index is 7.78. The van der Waals surface area contributed by atoms with E-state index < -0.39 is 0 Å². The maximum Gasteiger partial charge on any atom is 0.153 e. The number of ether oxygens (including phenoxy) is 1. The summed E-state index contributed by atoms with van der Waals surface area (Å²) in [6.45, 7) is 0. The summed E-state index contributed by atoms with van der Waals surface area (Å²) >= 11 is 0. The van der Waals surface area contributed by atoms with Gasteiger partial charge >= 0.3 is 0 Å². The van der Waals surface area contributed by atoms with Crippen LogP contribution in [0.5, 0.6) is 0 Å². The van der Waals surface area contributed by atoms with E-state index >= 15 is 0 Å². The van der Waals surface area contributed by atoms with E-state index in [1.54, 1.807) is 29.2 Å². The molecular formula is C19H25N7O. The van der Waals surface area contributed by atoms with Crippen LogP contribution in [0.3, 0.4) is 0 Å². The first-order valence-corrected chi connectivity index (χ1v) is 7.53. The molecule has 0 atom stereocenters. The second-order valence-electron chi connectivity index (χ2n) is 4.55. The second-order valence-corrected chi connectivity index (χ2v) is 4.55. The number of benzene rings is 1. The van der Waals surface area contributed by atoms with E-state index in [9.17, 15) is 0 Å². The number of anilines is 2. The highest BCUT2D eigenvalue weighted by atomic mass is 16.5. The molecule has 27 heavy (non-hydrogen) atoms. The number of nitrogens with one attached hydrogen (secondary N) is 1. The average Bonchev–Trinajstić information content (AvgIpc) is 3.15. The van der Waals surface area contributed by atoms with E-state index in [0.29, 0.717) is 5.82 Å². The molecule has 0 saturated heterocycles. The van der Waals surface area contributed by atoms with Crippen LogP contribution in [0.4, 0.5) is 11.5 Å². The van der Waals surface area contributed by atoms with Gasteiger partial charge in [0, 0.05) is 24.1 Å². The van der Waals surface area contributed by atoms with Gasteiger partial charge in [-0.15, -0.1) is 5.10 Å². The summed E-state index contributed by atoms with van der Waals surface area (Å²) in [5.41, 5.74) is 8.92. The molecule has 0 bridgehead atoms. The summed E-state index contributed by atoms with van der Waals surface area (Å²) < 4.78 is 6.01. The van der Waals surface area contributed by atoms with Gasteiger partial charge in [0.05, 0.1) is 25.5 Å². The first-order chi connectivity index (χ1) is 12.7. The lowest BCUT2D eigenvalue weighted by Gasteiger charge is -1.96. The Kier molecular flexibility index (Phi) is 12.4. The van der Waals surface area contributed by atoms with Gasteiger partial charge in [0.1, 0.15) is 5.82 Å². The molecule has 8 nitrogen and oxygen atoms in total. The van der Waals surface area contributed by atoms with Gasteiger partial charge in [-0.25, -0.2) is 9.67 Å². The van der Waals surface area contributed by atoms with Gasteiger partial charge in [-0.1, -0.05) is 31.7 Å². The van der Waals surface area contributed by atoms with Gasteiger partial charge in [0.2, 0.25) is 0 Å². The van der Waals surface area contributed by atoms with Crippen molar-refractivity contribution in [3.63, 3.8) is 0 Å². The van der Waals surface area contributed by atoms with Gasteiger partial charge in [0.25, 0.3) is 0 Å². The summed E-state index contributed by atoms with van der Waals surface area (Å²) in [5.74, 6) is 6.37. The number of rotatable bonds is 3. The van der Waals surface area contributed by atoms with Crippen molar-refractivity contribution in [2.45, 2.75) is 7.43 Å². The number of para-hydroxylation sites is 1. The topological polar surface area (TPSA) is 128 Å². The fourth-order valence-electron chi connectivity index (χ4n) is 1.59. The standard InChI is InChI=1S/C8H8N4.C6H8N2.C4H5NO.CH4/c9-7-4-6-12(11-7)8-3-1-2-5-10-8;7-8-6-4-2-1-3-5-6;1-6-4-2-3-5;/h1-6H,(H2,9,11);1-5,8H,7H2;2,4H,1H3;1H4/b;;4-2+;. The minimum absolute atomic E-state index is 0. The Morgan fingerprint density at radius 1 is 1.15 bits per heavy atom. The molecule has 3 aromatic rings. The number of allylic oxidation sites excluding steroid dienone is 1. The summed E-state index contributed by atoms with van der Waals surface area (Å²) in [6.07, 6.45) is 6.07. The Labute approximate surface area is 159 Å². The number of methoxy groups -OCH3 is 1. The molecule has 5 N–H and O–H groups in total. The summed E-state index contributed by atoms with van der Waals surface area (Å²) in [7, 11) is 1.49. The molecule has 2 heterocycles. The second kappa shape index (κ2) is 14.5. The normalized spacial score (nSPS) is 8.78. The van der Waals surface area contributed by atoms with Gasteiger partial charge < -0.3 is 15.9 Å². The Balaban J connectivity index is 0.000000397. The first kappa shape index (κ1) is 23.2. The van der Waals surface area contributed by atoms with E-state index in [2.05, 4.69) is 20.2 Å². The minimum Gasteiger partial charge on any atom is -0.504 e. The average molecular weight is 367 g/mol. The van der Waals surface area contributed by atoms with Crippen LogP contribution in [0.1, 0.15) is 7.43 Å². The van der Waals surface area contributed by atoms with Crippen LogP contribution < -0.4 is 17.0 Å². The molecule has 0 amide bonds. The summed E-state index contributed by atoms with van der Waals surface area (Å²) in [5, 5.41) is 11.8. The molecule has 0 spiro atoms. The van der Waals surface area contributed by atoms with Crippen LogP contribution in [0.25, 0.3) is 5.82 Å². The fraction of sp³-hybridized carbons (Fsp3) is 0.105. The predicted molar refractivity (Wildman–Crippen MR) is 109 cm³/mol.